The van der Waals surface area contributed by atoms with Crippen molar-refractivity contribution in [1.29, 1.82) is 5.26 Å². The van der Waals surface area contributed by atoms with Crippen LogP contribution in [0.4, 0.5) is 34.6 Å². The van der Waals surface area contributed by atoms with Gasteiger partial charge in [0.1, 0.15) is 29.1 Å². The summed E-state index contributed by atoms with van der Waals surface area (Å²) >= 11 is 0. The van der Waals surface area contributed by atoms with Crippen LogP contribution in [0.1, 0.15) is 71.6 Å². The average molecular weight is 857 g/mol. The summed E-state index contributed by atoms with van der Waals surface area (Å²) in [7, 11) is 0. The molecule has 0 unspecified atom stereocenters. The second-order valence-corrected chi connectivity index (χ2v) is 16.6. The number of imide groups is 1. The fraction of sp³-hybridized carbons (Fsp3) is 0.429. The van der Waals surface area contributed by atoms with Gasteiger partial charge < -0.3 is 30.0 Å². The highest BCUT2D eigenvalue weighted by Gasteiger charge is 2.49. The number of hydrogen-bond acceptors (Lipinski definition) is 12. The Morgan fingerprint density at radius 2 is 1.63 bits per heavy atom. The van der Waals surface area contributed by atoms with Gasteiger partial charge in [-0.15, -0.1) is 8.78 Å². The Balaban J connectivity index is 0.715. The van der Waals surface area contributed by atoms with Crippen LogP contribution in [-0.2, 0) is 20.9 Å². The van der Waals surface area contributed by atoms with Gasteiger partial charge in [0.25, 0.3) is 5.91 Å². The normalized spacial score (nSPS) is 23.7. The first-order valence-corrected chi connectivity index (χ1v) is 20.6. The molecule has 10 rings (SSSR count). The first kappa shape index (κ1) is 39.7. The Hall–Kier alpha value is -6.46. The minimum atomic E-state index is -3.94. The lowest BCUT2D eigenvalue weighted by molar-refractivity contribution is -0.286. The van der Waals surface area contributed by atoms with Crippen LogP contribution in [0.2, 0.25) is 0 Å². The molecule has 0 bridgehead atoms. The number of carbonyl (C=O) groups excluding carboxylic acids is 4. The standard InChI is InChI=1S/C42H40F4N10O6/c43-30-15-28(16-31(44)35(30)29-6-8-34(57)50-39(29)58)54-19-24(20-54)41(60)53-11-9-52(10-12-53)25-1-3-26(4-2-25)55-21-23-14-32(37-38(36(23)51-55)62-42(45,46)61-37)49-40(59)33-7-5-27-13-22(17-47)18-48-56(27)33/h5,7,13-16,18,24-26,29,51H,1-4,6,8-12,19-21H2,(H,49,59)(H,50,57,58)/t25?,26?,29-/m1/s1. The number of hydrogen-bond donors (Lipinski definition) is 3. The van der Waals surface area contributed by atoms with Crippen molar-refractivity contribution in [2.75, 3.05) is 54.9 Å². The number of piperidine rings is 1. The summed E-state index contributed by atoms with van der Waals surface area (Å²) in [5.74, 6) is -5.36. The van der Waals surface area contributed by atoms with E-state index in [4.69, 9.17) is 9.47 Å². The van der Waals surface area contributed by atoms with Crippen LogP contribution in [0.5, 0.6) is 11.5 Å². The van der Waals surface area contributed by atoms with Gasteiger partial charge in [0.15, 0.2) is 11.5 Å². The summed E-state index contributed by atoms with van der Waals surface area (Å²) in [6.45, 7) is 3.58. The third-order valence-corrected chi connectivity index (χ3v) is 13.0. The Labute approximate surface area is 351 Å². The van der Waals surface area contributed by atoms with Crippen LogP contribution in [0, 0.1) is 28.9 Å². The zero-order chi connectivity index (χ0) is 43.0. The molecule has 4 amide bonds. The molecular formula is C42H40F4N10O6. The van der Waals surface area contributed by atoms with E-state index in [1.165, 1.54) is 28.9 Å². The molecule has 16 nitrogen and oxygen atoms in total. The highest BCUT2D eigenvalue weighted by molar-refractivity contribution is 6.05. The van der Waals surface area contributed by atoms with Gasteiger partial charge in [-0.05, 0) is 74.1 Å². The molecule has 62 heavy (non-hydrogen) atoms. The number of carbonyl (C=O) groups is 4. The molecule has 1 saturated carbocycles. The highest BCUT2D eigenvalue weighted by atomic mass is 19.3. The van der Waals surface area contributed by atoms with Crippen molar-refractivity contribution in [3.63, 3.8) is 0 Å². The molecule has 2 aromatic heterocycles. The fourth-order valence-electron chi connectivity index (χ4n) is 9.70. The minimum absolute atomic E-state index is 0.00646. The minimum Gasteiger partial charge on any atom is -0.393 e. The molecule has 20 heteroatoms. The number of nitriles is 1. The van der Waals surface area contributed by atoms with E-state index in [-0.39, 0.29) is 59.2 Å². The lowest BCUT2D eigenvalue weighted by Gasteiger charge is -2.46. The zero-order valence-electron chi connectivity index (χ0n) is 33.1. The van der Waals surface area contributed by atoms with Crippen molar-refractivity contribution in [3.05, 3.63) is 76.6 Å². The van der Waals surface area contributed by atoms with Crippen LogP contribution < -0.4 is 30.4 Å². The SMILES string of the molecule is N#Cc1cnn2c(C(=O)Nc3cc4c(c5c3OC(F)(F)O5)NN(C3CCC(N5CCN(C(=O)C6CN(c7cc(F)c([C@H]8CCC(=O)NC8=O)c(F)c7)C6)CC5)CC3)C4)ccc2c1. The molecule has 4 fully saturated rings. The average Bonchev–Trinajstić information content (AvgIpc) is 3.95. The van der Waals surface area contributed by atoms with Gasteiger partial charge in [-0.3, -0.25) is 29.4 Å². The molecule has 1 atom stereocenters. The number of aromatic nitrogens is 2. The number of benzene rings is 2. The van der Waals surface area contributed by atoms with E-state index in [1.807, 2.05) is 16.0 Å². The van der Waals surface area contributed by atoms with Gasteiger partial charge in [0.05, 0.1) is 34.8 Å². The predicted molar refractivity (Wildman–Crippen MR) is 211 cm³/mol. The summed E-state index contributed by atoms with van der Waals surface area (Å²) in [5.41, 5.74) is 5.22. The van der Waals surface area contributed by atoms with Crippen molar-refractivity contribution in [3.8, 4) is 17.6 Å². The Morgan fingerprint density at radius 1 is 0.919 bits per heavy atom. The van der Waals surface area contributed by atoms with Gasteiger partial charge in [0.2, 0.25) is 17.7 Å². The van der Waals surface area contributed by atoms with Crippen molar-refractivity contribution in [2.24, 2.45) is 5.92 Å². The van der Waals surface area contributed by atoms with E-state index in [9.17, 15) is 33.2 Å². The van der Waals surface area contributed by atoms with Crippen molar-refractivity contribution in [1.82, 2.24) is 29.7 Å². The van der Waals surface area contributed by atoms with Crippen LogP contribution in [-0.4, -0.2) is 106 Å². The molecule has 7 heterocycles. The van der Waals surface area contributed by atoms with Crippen molar-refractivity contribution < 1.29 is 46.2 Å². The van der Waals surface area contributed by atoms with Gasteiger partial charge in [-0.25, -0.2) is 18.3 Å². The molecule has 0 radical (unpaired) electrons. The number of halogens is 4. The monoisotopic (exact) mass is 856 g/mol. The molecule has 1 aliphatic carbocycles. The summed E-state index contributed by atoms with van der Waals surface area (Å²) in [5, 5.41) is 20.2. The Morgan fingerprint density at radius 3 is 2.34 bits per heavy atom. The molecule has 5 aliphatic heterocycles. The maximum absolute atomic E-state index is 15.1. The first-order chi connectivity index (χ1) is 29.8. The van der Waals surface area contributed by atoms with E-state index < -0.39 is 41.6 Å². The second kappa shape index (κ2) is 15.2. The number of nitrogens with one attached hydrogen (secondary N) is 3. The highest BCUT2D eigenvalue weighted by Crippen LogP contribution is 2.54. The van der Waals surface area contributed by atoms with Gasteiger partial charge >= 0.3 is 6.29 Å². The molecule has 322 valence electrons. The van der Waals surface area contributed by atoms with E-state index in [0.29, 0.717) is 79.9 Å². The van der Waals surface area contributed by atoms with E-state index in [0.717, 1.165) is 25.7 Å². The van der Waals surface area contributed by atoms with E-state index >= 15 is 8.78 Å². The summed E-state index contributed by atoms with van der Waals surface area (Å²) in [6.07, 6.45) is 0.882. The number of ether oxygens (including phenoxy) is 2. The molecule has 4 aromatic rings. The number of hydrazine groups is 1. The lowest BCUT2D eigenvalue weighted by atomic mass is 9.89. The number of rotatable bonds is 7. The largest absolute Gasteiger partial charge is 0.586 e. The molecule has 3 saturated heterocycles. The van der Waals surface area contributed by atoms with Crippen LogP contribution in [0.3, 0.4) is 0 Å². The lowest BCUT2D eigenvalue weighted by Crippen LogP contribution is -2.59. The van der Waals surface area contributed by atoms with Crippen molar-refractivity contribution >= 4 is 46.2 Å². The summed E-state index contributed by atoms with van der Waals surface area (Å²) in [4.78, 5) is 56.6. The third-order valence-electron chi connectivity index (χ3n) is 13.0. The predicted octanol–water partition coefficient (Wildman–Crippen LogP) is 4.31. The quantitative estimate of drug-likeness (QED) is 0.178. The Bertz CT molecular complexity index is 2550. The third kappa shape index (κ3) is 7.07. The number of piperazine rings is 1. The number of fused-ring (bicyclic) bond motifs is 4. The summed E-state index contributed by atoms with van der Waals surface area (Å²) in [6, 6.07) is 11.1. The Kier molecular flexibility index (Phi) is 9.70. The number of anilines is 3. The second-order valence-electron chi connectivity index (χ2n) is 16.6. The smallest absolute Gasteiger partial charge is 0.393 e. The molecule has 3 N–H and O–H groups in total. The molecule has 6 aliphatic rings. The van der Waals surface area contributed by atoms with E-state index in [2.05, 4.69) is 26.1 Å². The summed E-state index contributed by atoms with van der Waals surface area (Å²) < 4.78 is 70.5. The van der Waals surface area contributed by atoms with Gasteiger partial charge in [-0.1, -0.05) is 0 Å². The first-order valence-electron chi connectivity index (χ1n) is 20.6. The fourth-order valence-corrected chi connectivity index (χ4v) is 9.70. The topological polar surface area (TPSA) is 177 Å². The van der Waals surface area contributed by atoms with Gasteiger partial charge in [0, 0.05) is 75.6 Å². The molecule has 0 spiro atoms. The zero-order valence-corrected chi connectivity index (χ0v) is 33.1. The van der Waals surface area contributed by atoms with Crippen molar-refractivity contribution in [2.45, 2.75) is 69.4 Å². The molecule has 2 aromatic carbocycles. The molecular weight excluding hydrogens is 817 g/mol. The number of amides is 4. The maximum Gasteiger partial charge on any atom is 0.586 e. The van der Waals surface area contributed by atoms with Crippen LogP contribution >= 0.6 is 0 Å². The number of nitrogens with zero attached hydrogens (tertiary/aromatic N) is 7. The van der Waals surface area contributed by atoms with E-state index in [1.54, 1.807) is 23.1 Å². The number of alkyl halides is 2. The maximum atomic E-state index is 15.1. The van der Waals surface area contributed by atoms with Crippen LogP contribution in [0.25, 0.3) is 5.52 Å². The van der Waals surface area contributed by atoms with Gasteiger partial charge in [-0.2, -0.15) is 10.4 Å². The van der Waals surface area contributed by atoms with Crippen LogP contribution in [0.15, 0.2) is 42.6 Å².